The standard InChI is InChI=1S/C30H48N2O2S4/c33-27(21-17-23-7-5-8-24(18-21)29(23)35-13-14-36-29)31-11-3-1-2-4-12-32-28(34)22-19-25-9-6-10-26(20-22)30(25)37-15-16-38-30/h21-26H,1-20H2,(H,31,33)(H,32,34)/t23-,24-,25+,26+. The van der Waals surface area contributed by atoms with E-state index in [0.29, 0.717) is 20.0 Å². The zero-order valence-corrected chi connectivity index (χ0v) is 26.3. The van der Waals surface area contributed by atoms with Crippen LogP contribution in [0.4, 0.5) is 0 Å². The number of nitrogens with one attached hydrogen (secondary N) is 2. The normalized spacial score (nSPS) is 36.8. The SMILES string of the molecule is O=C(NCCCCCCNC(=O)C1C[C@@H]2CCC[C@@H](C1)C21SCCS1)C1C[C@H]2CCC[C@H](C1)C21SCCS1. The van der Waals surface area contributed by atoms with E-state index >= 15 is 0 Å². The molecule has 2 aliphatic heterocycles. The molecule has 38 heavy (non-hydrogen) atoms. The largest absolute Gasteiger partial charge is 0.356 e. The van der Waals surface area contributed by atoms with E-state index < -0.39 is 0 Å². The second-order valence-electron chi connectivity index (χ2n) is 12.8. The van der Waals surface area contributed by atoms with Crippen LogP contribution < -0.4 is 10.6 Å². The topological polar surface area (TPSA) is 58.2 Å². The lowest BCUT2D eigenvalue weighted by Crippen LogP contribution is -2.49. The van der Waals surface area contributed by atoms with Crippen molar-refractivity contribution < 1.29 is 9.59 Å². The molecule has 6 aliphatic rings. The zero-order chi connectivity index (χ0) is 26.0. The first-order chi connectivity index (χ1) is 18.6. The number of unbranched alkanes of at least 4 members (excludes halogenated alkanes) is 3. The molecule has 2 saturated heterocycles. The highest BCUT2D eigenvalue weighted by atomic mass is 32.2. The van der Waals surface area contributed by atoms with Crippen molar-refractivity contribution in [1.29, 1.82) is 0 Å². The summed E-state index contributed by atoms with van der Waals surface area (Å²) in [6, 6.07) is 0. The molecule has 4 atom stereocenters. The molecule has 2 amide bonds. The third-order valence-corrected chi connectivity index (χ3v) is 18.7. The number of hydrogen-bond donors (Lipinski definition) is 2. The highest BCUT2D eigenvalue weighted by molar-refractivity contribution is 8.21. The molecular weight excluding hydrogens is 549 g/mol. The minimum atomic E-state index is 0.244. The summed E-state index contributed by atoms with van der Waals surface area (Å²) < 4.78 is 0.910. The van der Waals surface area contributed by atoms with Gasteiger partial charge in [-0.25, -0.2) is 0 Å². The van der Waals surface area contributed by atoms with E-state index in [-0.39, 0.29) is 11.8 Å². The van der Waals surface area contributed by atoms with Gasteiger partial charge in [-0.05, 0) is 87.9 Å². The number of rotatable bonds is 9. The number of hydrogen-bond acceptors (Lipinski definition) is 6. The Morgan fingerprint density at radius 2 is 0.895 bits per heavy atom. The fraction of sp³-hybridized carbons (Fsp3) is 0.933. The first-order valence-electron chi connectivity index (χ1n) is 15.7. The van der Waals surface area contributed by atoms with Gasteiger partial charge in [0.15, 0.2) is 0 Å². The van der Waals surface area contributed by atoms with Crippen LogP contribution in [0.1, 0.15) is 89.9 Å². The number of carbonyl (C=O) groups is 2. The van der Waals surface area contributed by atoms with Gasteiger partial charge in [0.1, 0.15) is 0 Å². The van der Waals surface area contributed by atoms with Crippen LogP contribution in [0.2, 0.25) is 0 Å². The summed E-state index contributed by atoms with van der Waals surface area (Å²) in [6.07, 6.45) is 16.9. The molecule has 8 heteroatoms. The zero-order valence-electron chi connectivity index (χ0n) is 23.1. The van der Waals surface area contributed by atoms with Crippen LogP contribution in [-0.4, -0.2) is 56.1 Å². The van der Waals surface area contributed by atoms with E-state index in [0.717, 1.165) is 88.1 Å². The molecule has 2 spiro atoms. The number of carbonyl (C=O) groups excluding carboxylic acids is 2. The van der Waals surface area contributed by atoms with Gasteiger partial charge in [-0.15, -0.1) is 47.0 Å². The van der Waals surface area contributed by atoms with Crippen molar-refractivity contribution >= 4 is 58.9 Å². The van der Waals surface area contributed by atoms with Gasteiger partial charge >= 0.3 is 0 Å². The minimum Gasteiger partial charge on any atom is -0.356 e. The van der Waals surface area contributed by atoms with Gasteiger partial charge in [0.25, 0.3) is 0 Å². The second kappa shape index (κ2) is 12.7. The molecule has 2 N–H and O–H groups in total. The van der Waals surface area contributed by atoms with Crippen molar-refractivity contribution in [2.24, 2.45) is 35.5 Å². The first-order valence-corrected chi connectivity index (χ1v) is 19.7. The van der Waals surface area contributed by atoms with Crippen LogP contribution in [0.25, 0.3) is 0 Å². The molecule has 4 aliphatic carbocycles. The highest BCUT2D eigenvalue weighted by Gasteiger charge is 2.56. The molecule has 6 rings (SSSR count). The molecule has 6 fully saturated rings. The van der Waals surface area contributed by atoms with Crippen LogP contribution in [0.15, 0.2) is 0 Å². The van der Waals surface area contributed by atoms with Crippen LogP contribution in [-0.2, 0) is 9.59 Å². The number of amides is 2. The summed E-state index contributed by atoms with van der Waals surface area (Å²) in [4.78, 5) is 25.9. The van der Waals surface area contributed by atoms with Gasteiger partial charge in [0, 0.05) is 47.9 Å². The van der Waals surface area contributed by atoms with Crippen LogP contribution >= 0.6 is 47.0 Å². The van der Waals surface area contributed by atoms with Crippen LogP contribution in [0, 0.1) is 35.5 Å². The van der Waals surface area contributed by atoms with E-state index in [2.05, 4.69) is 57.7 Å². The van der Waals surface area contributed by atoms with E-state index in [4.69, 9.17) is 0 Å². The van der Waals surface area contributed by atoms with Crippen molar-refractivity contribution in [2.75, 3.05) is 36.1 Å². The molecule has 4 bridgehead atoms. The third kappa shape index (κ3) is 5.69. The fourth-order valence-electron chi connectivity index (χ4n) is 8.96. The third-order valence-electron chi connectivity index (χ3n) is 10.7. The molecule has 2 heterocycles. The monoisotopic (exact) mass is 596 g/mol. The molecular formula is C30H48N2O2S4. The van der Waals surface area contributed by atoms with Gasteiger partial charge in [-0.1, -0.05) is 25.7 Å². The second-order valence-corrected chi connectivity index (χ2v) is 18.8. The van der Waals surface area contributed by atoms with Gasteiger partial charge in [0.05, 0.1) is 8.16 Å². The summed E-state index contributed by atoms with van der Waals surface area (Å²) >= 11 is 8.89. The van der Waals surface area contributed by atoms with Crippen molar-refractivity contribution in [3.05, 3.63) is 0 Å². The van der Waals surface area contributed by atoms with Crippen molar-refractivity contribution in [2.45, 2.75) is 98.0 Å². The summed E-state index contributed by atoms with van der Waals surface area (Å²) in [6.45, 7) is 1.63. The van der Waals surface area contributed by atoms with Gasteiger partial charge in [-0.2, -0.15) is 0 Å². The first kappa shape index (κ1) is 28.5. The molecule has 0 aromatic rings. The van der Waals surface area contributed by atoms with Gasteiger partial charge < -0.3 is 10.6 Å². The van der Waals surface area contributed by atoms with Gasteiger partial charge in [-0.3, -0.25) is 9.59 Å². The van der Waals surface area contributed by atoms with Crippen LogP contribution in [0.5, 0.6) is 0 Å². The molecule has 4 saturated carbocycles. The van der Waals surface area contributed by atoms with Crippen molar-refractivity contribution in [3.63, 3.8) is 0 Å². The lowest BCUT2D eigenvalue weighted by atomic mass is 9.67. The Morgan fingerprint density at radius 1 is 0.553 bits per heavy atom. The summed E-state index contributed by atoms with van der Waals surface area (Å²) in [7, 11) is 0. The average molecular weight is 597 g/mol. The lowest BCUT2D eigenvalue weighted by Gasteiger charge is -2.52. The van der Waals surface area contributed by atoms with Crippen molar-refractivity contribution in [3.8, 4) is 0 Å². The van der Waals surface area contributed by atoms with Gasteiger partial charge in [0.2, 0.25) is 11.8 Å². The lowest BCUT2D eigenvalue weighted by molar-refractivity contribution is -0.128. The van der Waals surface area contributed by atoms with Crippen LogP contribution in [0.3, 0.4) is 0 Å². The Bertz CT molecular complexity index is 744. The maximum absolute atomic E-state index is 13.0. The van der Waals surface area contributed by atoms with E-state index in [1.807, 2.05) is 0 Å². The molecule has 0 aromatic heterocycles. The molecule has 0 aromatic carbocycles. The highest BCUT2D eigenvalue weighted by Crippen LogP contribution is 2.65. The molecule has 0 radical (unpaired) electrons. The molecule has 4 nitrogen and oxygen atoms in total. The molecule has 214 valence electrons. The Morgan fingerprint density at radius 3 is 1.24 bits per heavy atom. The van der Waals surface area contributed by atoms with E-state index in [9.17, 15) is 9.59 Å². The molecule has 0 unspecified atom stereocenters. The minimum absolute atomic E-state index is 0.244. The smallest absolute Gasteiger partial charge is 0.223 e. The summed E-state index contributed by atoms with van der Waals surface area (Å²) in [5.41, 5.74) is 0. The quantitative estimate of drug-likeness (QED) is 0.286. The van der Waals surface area contributed by atoms with E-state index in [1.165, 1.54) is 61.5 Å². The fourth-order valence-corrected chi connectivity index (χ4v) is 16.8. The average Bonchev–Trinajstić information content (AvgIpc) is 3.56. The Kier molecular flexibility index (Phi) is 9.50. The number of thioether (sulfide) groups is 4. The Balaban J connectivity index is 0.838. The summed E-state index contributed by atoms with van der Waals surface area (Å²) in [5, 5.41) is 6.57. The Labute approximate surface area is 247 Å². The maximum atomic E-state index is 13.0. The predicted molar refractivity (Wildman–Crippen MR) is 167 cm³/mol. The van der Waals surface area contributed by atoms with Crippen molar-refractivity contribution in [1.82, 2.24) is 10.6 Å². The summed E-state index contributed by atoms with van der Waals surface area (Å²) in [5.74, 6) is 9.33. The maximum Gasteiger partial charge on any atom is 0.223 e. The predicted octanol–water partition coefficient (Wildman–Crippen LogP) is 6.78. The Hall–Kier alpha value is 0.340. The van der Waals surface area contributed by atoms with E-state index in [1.54, 1.807) is 0 Å².